The lowest BCUT2D eigenvalue weighted by Crippen LogP contribution is -2.13. The van der Waals surface area contributed by atoms with Crippen LogP contribution in [0.3, 0.4) is 0 Å². The van der Waals surface area contributed by atoms with E-state index < -0.39 is 0 Å². The fourth-order valence-corrected chi connectivity index (χ4v) is 4.20. The molecule has 0 spiro atoms. The molecule has 184 valence electrons. The van der Waals surface area contributed by atoms with Crippen molar-refractivity contribution < 1.29 is 9.21 Å². The molecular formula is C24H20N10O3. The summed E-state index contributed by atoms with van der Waals surface area (Å²) < 4.78 is 7.67. The summed E-state index contributed by atoms with van der Waals surface area (Å²) in [6.45, 7) is 0.215. The molecule has 37 heavy (non-hydrogen) atoms. The third-order valence-corrected chi connectivity index (χ3v) is 5.95. The van der Waals surface area contributed by atoms with Crippen molar-refractivity contribution in [1.29, 1.82) is 0 Å². The van der Waals surface area contributed by atoms with E-state index in [1.54, 1.807) is 42.3 Å². The summed E-state index contributed by atoms with van der Waals surface area (Å²) in [5, 5.41) is 14.5. The Balaban J connectivity index is 1.37. The van der Waals surface area contributed by atoms with Crippen LogP contribution in [0.2, 0.25) is 0 Å². The van der Waals surface area contributed by atoms with E-state index in [2.05, 4.69) is 40.8 Å². The number of aryl methyl sites for hydroxylation is 1. The molecule has 1 amide bonds. The number of fused-ring (bicyclic) bond motifs is 2. The molecule has 13 heteroatoms. The summed E-state index contributed by atoms with van der Waals surface area (Å²) >= 11 is 0. The van der Waals surface area contributed by atoms with Crippen LogP contribution in [0.15, 0.2) is 58.1 Å². The Hall–Kier alpha value is -5.30. The number of carbonyl (C=O) groups is 1. The van der Waals surface area contributed by atoms with Gasteiger partial charge in [-0.25, -0.2) is 4.98 Å². The molecule has 6 N–H and O–H groups in total. The molecule has 0 radical (unpaired) electrons. The van der Waals surface area contributed by atoms with E-state index in [9.17, 15) is 9.59 Å². The Morgan fingerprint density at radius 1 is 1.11 bits per heavy atom. The van der Waals surface area contributed by atoms with Crippen molar-refractivity contribution >= 4 is 45.8 Å². The molecule has 2 aromatic carbocycles. The number of carbonyl (C=O) groups excluding carboxylic acids is 1. The Kier molecular flexibility index (Phi) is 5.23. The van der Waals surface area contributed by atoms with Gasteiger partial charge in [-0.15, -0.1) is 10.2 Å². The van der Waals surface area contributed by atoms with E-state index in [0.29, 0.717) is 45.8 Å². The van der Waals surface area contributed by atoms with Gasteiger partial charge in [0.15, 0.2) is 0 Å². The van der Waals surface area contributed by atoms with Crippen LogP contribution in [-0.2, 0) is 18.4 Å². The van der Waals surface area contributed by atoms with Crippen LogP contribution in [0.1, 0.15) is 5.56 Å². The predicted molar refractivity (Wildman–Crippen MR) is 137 cm³/mol. The lowest BCUT2D eigenvalue weighted by Gasteiger charge is -2.12. The quantitative estimate of drug-likeness (QED) is 0.207. The molecule has 4 aromatic heterocycles. The smallest absolute Gasteiger partial charge is 0.262 e. The number of hydrogen-bond donors (Lipinski definition) is 5. The highest BCUT2D eigenvalue weighted by atomic mass is 16.4. The highest BCUT2D eigenvalue weighted by Gasteiger charge is 2.16. The first-order valence-electron chi connectivity index (χ1n) is 11.2. The average molecular weight is 496 g/mol. The first-order valence-corrected chi connectivity index (χ1v) is 11.2. The van der Waals surface area contributed by atoms with Crippen LogP contribution in [0.4, 0.5) is 17.3 Å². The summed E-state index contributed by atoms with van der Waals surface area (Å²) in [4.78, 5) is 38.5. The minimum atomic E-state index is -0.328. The van der Waals surface area contributed by atoms with Gasteiger partial charge in [0.2, 0.25) is 24.1 Å². The number of nitrogens with zero attached hydrogens (tertiary/aromatic N) is 5. The number of imidazole rings is 1. The average Bonchev–Trinajstić information content (AvgIpc) is 3.64. The second-order valence-electron chi connectivity index (χ2n) is 8.28. The maximum Gasteiger partial charge on any atom is 0.262 e. The van der Waals surface area contributed by atoms with Crippen molar-refractivity contribution in [2.24, 2.45) is 12.8 Å². The Bertz CT molecular complexity index is 1850. The second kappa shape index (κ2) is 8.73. The van der Waals surface area contributed by atoms with Gasteiger partial charge in [-0.2, -0.15) is 4.98 Å². The number of aromatic nitrogens is 7. The zero-order valence-electron chi connectivity index (χ0n) is 19.4. The molecule has 0 unspecified atom stereocenters. The van der Waals surface area contributed by atoms with Gasteiger partial charge in [0.1, 0.15) is 5.65 Å². The minimum absolute atomic E-state index is 0.187. The Morgan fingerprint density at radius 2 is 1.89 bits per heavy atom. The normalized spacial score (nSPS) is 11.3. The molecule has 0 aliphatic heterocycles. The van der Waals surface area contributed by atoms with Crippen LogP contribution in [0, 0.1) is 0 Å². The predicted octanol–water partition coefficient (Wildman–Crippen LogP) is 2.63. The highest BCUT2D eigenvalue weighted by Crippen LogP contribution is 2.32. The number of rotatable bonds is 7. The standard InChI is InChI=1S/C24H20N10O3/c1-34-9-14(8-25)19-20(34)30-24(31-21(19)36)29-18-7-13(3-5-16(18)28-11-35)23-33-32-22(37-23)12-2-4-15-17(6-12)27-10-26-15/h2-7,9-11H,8,25H2,1H3,(H,26,27)(H,28,35)(H2,29,30,31,36). The first kappa shape index (κ1) is 22.2. The summed E-state index contributed by atoms with van der Waals surface area (Å²) in [5.74, 6) is 0.798. The zero-order valence-corrected chi connectivity index (χ0v) is 19.4. The second-order valence-corrected chi connectivity index (χ2v) is 8.28. The largest absolute Gasteiger partial charge is 0.416 e. The highest BCUT2D eigenvalue weighted by molar-refractivity contribution is 5.86. The Labute approximate surface area is 207 Å². The number of hydrogen-bond acceptors (Lipinski definition) is 9. The number of amides is 1. The molecule has 6 rings (SSSR count). The van der Waals surface area contributed by atoms with Crippen LogP contribution in [0.25, 0.3) is 45.0 Å². The summed E-state index contributed by atoms with van der Waals surface area (Å²) in [6.07, 6.45) is 3.94. The Morgan fingerprint density at radius 3 is 2.68 bits per heavy atom. The van der Waals surface area contributed by atoms with Crippen molar-refractivity contribution in [3.63, 3.8) is 0 Å². The summed E-state index contributed by atoms with van der Waals surface area (Å²) in [7, 11) is 1.79. The molecule has 0 saturated heterocycles. The molecule has 0 aliphatic rings. The lowest BCUT2D eigenvalue weighted by atomic mass is 10.1. The van der Waals surface area contributed by atoms with Crippen molar-refractivity contribution in [3.8, 4) is 22.9 Å². The van der Waals surface area contributed by atoms with E-state index in [0.717, 1.165) is 16.6 Å². The van der Waals surface area contributed by atoms with Gasteiger partial charge in [0.05, 0.1) is 34.1 Å². The van der Waals surface area contributed by atoms with E-state index in [4.69, 9.17) is 10.2 Å². The van der Waals surface area contributed by atoms with E-state index in [1.807, 2.05) is 18.2 Å². The molecule has 6 aromatic rings. The van der Waals surface area contributed by atoms with Gasteiger partial charge >= 0.3 is 0 Å². The third-order valence-electron chi connectivity index (χ3n) is 5.95. The first-order chi connectivity index (χ1) is 18.0. The fraction of sp³-hybridized carbons (Fsp3) is 0.0833. The van der Waals surface area contributed by atoms with Crippen LogP contribution in [0.5, 0.6) is 0 Å². The topological polar surface area (TPSA) is 185 Å². The summed E-state index contributed by atoms with van der Waals surface area (Å²) in [6, 6.07) is 10.7. The monoisotopic (exact) mass is 496 g/mol. The third kappa shape index (κ3) is 3.88. The van der Waals surface area contributed by atoms with Crippen LogP contribution < -0.4 is 21.9 Å². The van der Waals surface area contributed by atoms with Gasteiger partial charge in [0.25, 0.3) is 5.56 Å². The molecule has 0 fully saturated rings. The lowest BCUT2D eigenvalue weighted by molar-refractivity contribution is -0.105. The summed E-state index contributed by atoms with van der Waals surface area (Å²) in [5.41, 5.74) is 10.5. The number of H-pyrrole nitrogens is 2. The molecule has 0 saturated carbocycles. The number of nitrogens with one attached hydrogen (secondary N) is 4. The van der Waals surface area contributed by atoms with Gasteiger partial charge in [-0.1, -0.05) is 0 Å². The molecule has 0 bridgehead atoms. The van der Waals surface area contributed by atoms with Crippen molar-refractivity contribution in [1.82, 2.24) is 34.7 Å². The SMILES string of the molecule is Cn1cc(CN)c2c(=O)[nH]c(Nc3cc(-c4nnc(-c5ccc6nc[nH]c6c5)o4)ccc3NC=O)nc21. The van der Waals surface area contributed by atoms with Crippen molar-refractivity contribution in [2.75, 3.05) is 10.6 Å². The fourth-order valence-electron chi connectivity index (χ4n) is 4.20. The maximum atomic E-state index is 12.8. The number of benzene rings is 2. The molecule has 13 nitrogen and oxygen atoms in total. The van der Waals surface area contributed by atoms with E-state index >= 15 is 0 Å². The van der Waals surface area contributed by atoms with E-state index in [-0.39, 0.29) is 23.9 Å². The van der Waals surface area contributed by atoms with Gasteiger partial charge in [-0.3, -0.25) is 14.6 Å². The van der Waals surface area contributed by atoms with Crippen molar-refractivity contribution in [3.05, 3.63) is 64.8 Å². The zero-order chi connectivity index (χ0) is 25.5. The number of anilines is 3. The van der Waals surface area contributed by atoms with E-state index in [1.165, 1.54) is 0 Å². The minimum Gasteiger partial charge on any atom is -0.416 e. The van der Waals surface area contributed by atoms with Gasteiger partial charge in [0, 0.05) is 30.9 Å². The van der Waals surface area contributed by atoms with Crippen LogP contribution in [-0.4, -0.2) is 41.1 Å². The van der Waals surface area contributed by atoms with Crippen molar-refractivity contribution in [2.45, 2.75) is 6.54 Å². The van der Waals surface area contributed by atoms with Crippen LogP contribution >= 0.6 is 0 Å². The molecule has 0 aliphatic carbocycles. The number of aromatic amines is 2. The number of nitrogens with two attached hydrogens (primary N) is 1. The van der Waals surface area contributed by atoms with Gasteiger partial charge in [-0.05, 0) is 42.0 Å². The van der Waals surface area contributed by atoms with Gasteiger partial charge < -0.3 is 30.3 Å². The molecule has 0 atom stereocenters. The maximum absolute atomic E-state index is 12.8. The molecular weight excluding hydrogens is 476 g/mol. The molecule has 4 heterocycles.